The van der Waals surface area contributed by atoms with Crippen LogP contribution in [0, 0.1) is 5.95 Å². The predicted molar refractivity (Wildman–Crippen MR) is 94.1 cm³/mol. The molecule has 1 atom stereocenters. The number of nitrogens with two attached hydrogens (primary N) is 1. The highest BCUT2D eigenvalue weighted by Crippen LogP contribution is 2.28. The van der Waals surface area contributed by atoms with Gasteiger partial charge < -0.3 is 15.4 Å². The standard InChI is InChI=1S/C17H15F4N7O/c18-13-5-4-9(6-23-13)17(22)27-14(26-15(28-17)24-10-7-29-8-10)11-2-1-3-12(25-11)16(19,20)21/h1-6,10H,7-8,22H2,(H2,24,26,27,28). The van der Waals surface area contributed by atoms with E-state index in [1.54, 1.807) is 0 Å². The highest BCUT2D eigenvalue weighted by atomic mass is 19.4. The third-order valence-corrected chi connectivity index (χ3v) is 4.22. The van der Waals surface area contributed by atoms with E-state index in [4.69, 9.17) is 10.5 Å². The molecule has 1 fully saturated rings. The Balaban J connectivity index is 1.77. The molecule has 2 aromatic heterocycles. The highest BCUT2D eigenvalue weighted by Gasteiger charge is 2.36. The third kappa shape index (κ3) is 4.03. The number of alkyl halides is 3. The number of amidine groups is 1. The molecule has 8 nitrogen and oxygen atoms in total. The van der Waals surface area contributed by atoms with E-state index in [1.165, 1.54) is 24.4 Å². The van der Waals surface area contributed by atoms with Crippen molar-refractivity contribution in [2.45, 2.75) is 18.0 Å². The van der Waals surface area contributed by atoms with Crippen molar-refractivity contribution < 1.29 is 22.3 Å². The van der Waals surface area contributed by atoms with Gasteiger partial charge in [-0.05, 0) is 24.3 Å². The van der Waals surface area contributed by atoms with Crippen LogP contribution >= 0.6 is 0 Å². The van der Waals surface area contributed by atoms with Gasteiger partial charge in [0, 0.05) is 11.8 Å². The maximum atomic E-state index is 13.2. The summed E-state index contributed by atoms with van der Waals surface area (Å²) in [6.07, 6.45) is -3.44. The lowest BCUT2D eigenvalue weighted by molar-refractivity contribution is -0.141. The van der Waals surface area contributed by atoms with E-state index >= 15 is 0 Å². The molecule has 4 N–H and O–H groups in total. The van der Waals surface area contributed by atoms with Crippen molar-refractivity contribution in [3.05, 3.63) is 59.4 Å². The molecule has 2 aliphatic heterocycles. The minimum Gasteiger partial charge on any atom is -0.377 e. The van der Waals surface area contributed by atoms with E-state index in [0.29, 0.717) is 13.2 Å². The number of aliphatic imine (C=N–C) groups is 2. The van der Waals surface area contributed by atoms with Crippen molar-refractivity contribution >= 4 is 11.8 Å². The van der Waals surface area contributed by atoms with Gasteiger partial charge >= 0.3 is 6.18 Å². The quantitative estimate of drug-likeness (QED) is 0.517. The van der Waals surface area contributed by atoms with Crippen LogP contribution in [-0.4, -0.2) is 41.0 Å². The summed E-state index contributed by atoms with van der Waals surface area (Å²) < 4.78 is 57.4. The SMILES string of the molecule is NC1(c2ccc(F)nc2)N=C(c2cccc(C(F)(F)F)n2)NC(=NC2COC2)N1. The highest BCUT2D eigenvalue weighted by molar-refractivity contribution is 6.09. The minimum atomic E-state index is -4.62. The van der Waals surface area contributed by atoms with Gasteiger partial charge in [-0.3, -0.25) is 5.73 Å². The summed E-state index contributed by atoms with van der Waals surface area (Å²) in [6.45, 7) is 0.799. The fourth-order valence-electron chi connectivity index (χ4n) is 2.68. The summed E-state index contributed by atoms with van der Waals surface area (Å²) in [6, 6.07) is 5.75. The Bertz CT molecular complexity index is 972. The maximum Gasteiger partial charge on any atom is 0.433 e. The molecule has 1 saturated heterocycles. The van der Waals surface area contributed by atoms with Crippen LogP contribution in [0.1, 0.15) is 17.0 Å². The second-order valence-corrected chi connectivity index (χ2v) is 6.42. The van der Waals surface area contributed by atoms with Crippen molar-refractivity contribution in [2.75, 3.05) is 13.2 Å². The molecule has 0 spiro atoms. The second kappa shape index (κ2) is 7.04. The van der Waals surface area contributed by atoms with Crippen LogP contribution in [0.4, 0.5) is 17.6 Å². The van der Waals surface area contributed by atoms with Gasteiger partial charge in [-0.2, -0.15) is 17.6 Å². The second-order valence-electron chi connectivity index (χ2n) is 6.42. The van der Waals surface area contributed by atoms with Crippen LogP contribution in [0.2, 0.25) is 0 Å². The van der Waals surface area contributed by atoms with Crippen molar-refractivity contribution in [2.24, 2.45) is 15.7 Å². The molecule has 0 aliphatic carbocycles. The summed E-state index contributed by atoms with van der Waals surface area (Å²) >= 11 is 0. The van der Waals surface area contributed by atoms with Crippen molar-refractivity contribution in [3.8, 4) is 0 Å². The summed E-state index contributed by atoms with van der Waals surface area (Å²) in [5.41, 5.74) is 5.47. The molecule has 0 radical (unpaired) electrons. The number of guanidine groups is 1. The van der Waals surface area contributed by atoms with Crippen LogP contribution in [0.3, 0.4) is 0 Å². The topological polar surface area (TPSA) is 110 Å². The van der Waals surface area contributed by atoms with Crippen LogP contribution < -0.4 is 16.4 Å². The lowest BCUT2D eigenvalue weighted by Gasteiger charge is -2.35. The van der Waals surface area contributed by atoms with E-state index in [9.17, 15) is 17.6 Å². The molecule has 2 aromatic rings. The molecule has 0 aromatic carbocycles. The number of rotatable bonds is 3. The van der Waals surface area contributed by atoms with E-state index < -0.39 is 23.6 Å². The zero-order chi connectivity index (χ0) is 20.6. The Morgan fingerprint density at radius 1 is 1.21 bits per heavy atom. The molecular formula is C17H15F4N7O. The fourth-order valence-corrected chi connectivity index (χ4v) is 2.68. The molecule has 0 amide bonds. The molecule has 29 heavy (non-hydrogen) atoms. The first-order valence-electron chi connectivity index (χ1n) is 8.49. The van der Waals surface area contributed by atoms with E-state index in [2.05, 4.69) is 30.6 Å². The van der Waals surface area contributed by atoms with Gasteiger partial charge in [-0.15, -0.1) is 0 Å². The Hall–Kier alpha value is -3.12. The zero-order valence-electron chi connectivity index (χ0n) is 14.7. The average Bonchev–Trinajstić information content (AvgIpc) is 2.64. The number of halogens is 4. The van der Waals surface area contributed by atoms with Gasteiger partial charge in [0.2, 0.25) is 17.7 Å². The molecule has 0 saturated carbocycles. The largest absolute Gasteiger partial charge is 0.433 e. The zero-order valence-corrected chi connectivity index (χ0v) is 14.7. The smallest absolute Gasteiger partial charge is 0.377 e. The molecule has 0 bridgehead atoms. The Morgan fingerprint density at radius 3 is 2.62 bits per heavy atom. The normalized spacial score (nSPS) is 23.8. The molecule has 4 heterocycles. The van der Waals surface area contributed by atoms with Gasteiger partial charge in [0.1, 0.15) is 17.4 Å². The third-order valence-electron chi connectivity index (χ3n) is 4.22. The summed E-state index contributed by atoms with van der Waals surface area (Å²) in [5, 5.41) is 5.68. The lowest BCUT2D eigenvalue weighted by Crippen LogP contribution is -2.62. The van der Waals surface area contributed by atoms with Crippen molar-refractivity contribution in [1.82, 2.24) is 20.6 Å². The van der Waals surface area contributed by atoms with Gasteiger partial charge in [0.05, 0.1) is 13.2 Å². The van der Waals surface area contributed by atoms with Gasteiger partial charge in [0.15, 0.2) is 5.84 Å². The van der Waals surface area contributed by atoms with Crippen molar-refractivity contribution in [1.29, 1.82) is 0 Å². The number of aromatic nitrogens is 2. The number of nitrogens with one attached hydrogen (secondary N) is 2. The van der Waals surface area contributed by atoms with E-state index in [1.807, 2.05) is 0 Å². The monoisotopic (exact) mass is 409 g/mol. The van der Waals surface area contributed by atoms with Crippen LogP contribution in [0.5, 0.6) is 0 Å². The first-order valence-corrected chi connectivity index (χ1v) is 8.49. The number of pyridine rings is 2. The first kappa shape index (κ1) is 19.2. The van der Waals surface area contributed by atoms with Gasteiger partial charge in [-0.1, -0.05) is 6.07 Å². The van der Waals surface area contributed by atoms with Crippen molar-refractivity contribution in [3.63, 3.8) is 0 Å². The number of hydrogen-bond donors (Lipinski definition) is 3. The predicted octanol–water partition coefficient (Wildman–Crippen LogP) is 1.10. The Morgan fingerprint density at radius 2 is 2.00 bits per heavy atom. The molecular weight excluding hydrogens is 394 g/mol. The molecule has 2 aliphatic rings. The molecule has 12 heteroatoms. The van der Waals surface area contributed by atoms with E-state index in [-0.39, 0.29) is 29.1 Å². The van der Waals surface area contributed by atoms with Crippen LogP contribution in [0.15, 0.2) is 46.5 Å². The first-order chi connectivity index (χ1) is 13.7. The lowest BCUT2D eigenvalue weighted by atomic mass is 10.1. The molecule has 4 rings (SSSR count). The molecule has 1 unspecified atom stereocenters. The summed E-state index contributed by atoms with van der Waals surface area (Å²) in [4.78, 5) is 15.9. The molecule has 152 valence electrons. The minimum absolute atomic E-state index is 0.0272. The van der Waals surface area contributed by atoms with E-state index in [0.717, 1.165) is 12.1 Å². The number of ether oxygens (including phenoxy) is 1. The number of hydrogen-bond acceptors (Lipinski definition) is 6. The maximum absolute atomic E-state index is 13.2. The Kier molecular flexibility index (Phi) is 4.67. The van der Waals surface area contributed by atoms with Gasteiger partial charge in [0.25, 0.3) is 0 Å². The fraction of sp³-hybridized carbons (Fsp3) is 0.294. The summed E-state index contributed by atoms with van der Waals surface area (Å²) in [5.74, 6) is -2.22. The Labute approximate surface area is 161 Å². The van der Waals surface area contributed by atoms with Crippen LogP contribution in [-0.2, 0) is 16.7 Å². The summed E-state index contributed by atoms with van der Waals surface area (Å²) in [7, 11) is 0. The average molecular weight is 409 g/mol. The van der Waals surface area contributed by atoms with Crippen LogP contribution in [0.25, 0.3) is 0 Å². The number of nitrogens with zero attached hydrogens (tertiary/aromatic N) is 4. The van der Waals surface area contributed by atoms with Gasteiger partial charge in [-0.25, -0.2) is 20.0 Å².